The third kappa shape index (κ3) is 3.46. The molecule has 2 N–H and O–H groups in total. The van der Waals surface area contributed by atoms with Crippen LogP contribution < -0.4 is 15.5 Å². The van der Waals surface area contributed by atoms with E-state index in [4.69, 9.17) is 0 Å². The summed E-state index contributed by atoms with van der Waals surface area (Å²) >= 11 is 0. The summed E-state index contributed by atoms with van der Waals surface area (Å²) in [6, 6.07) is 10.3. The van der Waals surface area contributed by atoms with E-state index in [1.807, 2.05) is 6.07 Å². The lowest BCUT2D eigenvalue weighted by molar-refractivity contribution is -0.0185. The number of anilines is 3. The van der Waals surface area contributed by atoms with Crippen molar-refractivity contribution in [3.63, 3.8) is 0 Å². The zero-order valence-electron chi connectivity index (χ0n) is 22.2. The lowest BCUT2D eigenvalue weighted by Crippen LogP contribution is -2.54. The molecule has 1 aromatic heterocycles. The predicted molar refractivity (Wildman–Crippen MR) is 144 cm³/mol. The van der Waals surface area contributed by atoms with Gasteiger partial charge >= 0.3 is 0 Å². The highest BCUT2D eigenvalue weighted by Gasteiger charge is 2.86. The molecule has 1 saturated heterocycles. The Morgan fingerprint density at radius 3 is 2.61 bits per heavy atom. The molecular formula is C29H40N6O. The minimum absolute atomic E-state index is 0.0912. The average Bonchev–Trinajstić information content (AvgIpc) is 3.33. The van der Waals surface area contributed by atoms with Gasteiger partial charge in [-0.2, -0.15) is 0 Å². The fraction of sp³-hybridized carbons (Fsp3) is 0.621. The molecule has 4 unspecified atom stereocenters. The number of carbonyl (C=O) groups excluding carboxylic acids is 1. The number of aromatic nitrogens is 2. The third-order valence-corrected chi connectivity index (χ3v) is 10.4. The van der Waals surface area contributed by atoms with Crippen LogP contribution in [0.5, 0.6) is 0 Å². The molecule has 4 fully saturated rings. The largest absolute Gasteiger partial charge is 0.369 e. The van der Waals surface area contributed by atoms with Crippen LogP contribution in [0.15, 0.2) is 36.5 Å². The molecular weight excluding hydrogens is 448 g/mol. The highest BCUT2D eigenvalue weighted by atomic mass is 16.2. The molecule has 1 aromatic carbocycles. The molecule has 2 heterocycles. The second-order valence-electron chi connectivity index (χ2n) is 12.2. The zero-order valence-corrected chi connectivity index (χ0v) is 22.2. The van der Waals surface area contributed by atoms with Gasteiger partial charge in [0.25, 0.3) is 5.91 Å². The summed E-state index contributed by atoms with van der Waals surface area (Å²) in [6.45, 7) is 14.9. The van der Waals surface area contributed by atoms with E-state index in [9.17, 15) is 4.79 Å². The monoisotopic (exact) mass is 488 g/mol. The molecule has 4 aliphatic rings. The first-order valence-corrected chi connectivity index (χ1v) is 13.8. The first-order chi connectivity index (χ1) is 17.3. The maximum absolute atomic E-state index is 13.2. The van der Waals surface area contributed by atoms with Crippen molar-refractivity contribution in [3.8, 4) is 0 Å². The number of benzene rings is 1. The van der Waals surface area contributed by atoms with Gasteiger partial charge in [-0.3, -0.25) is 9.69 Å². The standard InChI is InChI=1S/C29H40N6O/c1-5-13-34-14-16-35(17-15-34)21-8-6-7-20(18-21)31-26-30-12-9-22(32-26)25(36)33-24-19-23-27(2,3)29(23)11-10-28(24,29)4/h6-9,12,18,23-24H,5,10-11,13-17,19H2,1-4H3,(H,33,36)(H,30,31,32). The van der Waals surface area contributed by atoms with Crippen molar-refractivity contribution in [1.29, 1.82) is 0 Å². The van der Waals surface area contributed by atoms with Gasteiger partial charge in [0.1, 0.15) is 5.69 Å². The molecule has 3 aliphatic carbocycles. The molecule has 7 nitrogen and oxygen atoms in total. The minimum Gasteiger partial charge on any atom is -0.369 e. The molecule has 3 saturated carbocycles. The number of nitrogens with zero attached hydrogens (tertiary/aromatic N) is 4. The van der Waals surface area contributed by atoms with Gasteiger partial charge < -0.3 is 15.5 Å². The number of hydrogen-bond donors (Lipinski definition) is 2. The number of rotatable bonds is 7. The van der Waals surface area contributed by atoms with E-state index in [0.29, 0.717) is 22.5 Å². The fourth-order valence-corrected chi connectivity index (χ4v) is 8.31. The van der Waals surface area contributed by atoms with E-state index < -0.39 is 0 Å². The van der Waals surface area contributed by atoms with Crippen molar-refractivity contribution >= 4 is 23.2 Å². The quantitative estimate of drug-likeness (QED) is 0.589. The minimum atomic E-state index is -0.0912. The predicted octanol–water partition coefficient (Wildman–Crippen LogP) is 4.70. The smallest absolute Gasteiger partial charge is 0.270 e. The lowest BCUT2D eigenvalue weighted by Gasteiger charge is -2.52. The van der Waals surface area contributed by atoms with Crippen molar-refractivity contribution < 1.29 is 4.79 Å². The summed E-state index contributed by atoms with van der Waals surface area (Å²) in [7, 11) is 0. The van der Waals surface area contributed by atoms with Crippen LogP contribution in [0.2, 0.25) is 0 Å². The van der Waals surface area contributed by atoms with Crippen LogP contribution in [0.3, 0.4) is 0 Å². The SMILES string of the molecule is CCCN1CCN(c2cccc(Nc3nccc(C(=O)NC4CC5C(C)(C)C56CCC46C)n3)c2)CC1. The Labute approximate surface area is 215 Å². The molecule has 2 aromatic rings. The van der Waals surface area contributed by atoms with Crippen LogP contribution in [-0.4, -0.2) is 59.5 Å². The first kappa shape index (κ1) is 23.7. The number of piperazine rings is 1. The normalized spacial score (nSPS) is 32.3. The Morgan fingerprint density at radius 2 is 1.92 bits per heavy atom. The summed E-state index contributed by atoms with van der Waals surface area (Å²) in [5, 5.41) is 6.67. The van der Waals surface area contributed by atoms with E-state index >= 15 is 0 Å². The Bertz CT molecular complexity index is 1160. The molecule has 7 heteroatoms. The van der Waals surface area contributed by atoms with Gasteiger partial charge in [-0.15, -0.1) is 0 Å². The maximum atomic E-state index is 13.2. The van der Waals surface area contributed by atoms with Gasteiger partial charge in [0, 0.05) is 49.8 Å². The molecule has 1 aliphatic heterocycles. The van der Waals surface area contributed by atoms with Crippen LogP contribution in [0, 0.1) is 22.2 Å². The van der Waals surface area contributed by atoms with Gasteiger partial charge in [-0.25, -0.2) is 9.97 Å². The molecule has 1 amide bonds. The maximum Gasteiger partial charge on any atom is 0.270 e. The van der Waals surface area contributed by atoms with E-state index in [1.54, 1.807) is 12.3 Å². The molecule has 192 valence electrons. The van der Waals surface area contributed by atoms with Gasteiger partial charge in [0.2, 0.25) is 5.95 Å². The van der Waals surface area contributed by atoms with Crippen molar-refractivity contribution in [3.05, 3.63) is 42.2 Å². The second-order valence-corrected chi connectivity index (χ2v) is 12.2. The van der Waals surface area contributed by atoms with Crippen LogP contribution in [0.1, 0.15) is 63.9 Å². The third-order valence-electron chi connectivity index (χ3n) is 10.4. The molecule has 6 rings (SSSR count). The molecule has 1 spiro atoms. The van der Waals surface area contributed by atoms with Crippen LogP contribution in [0.25, 0.3) is 0 Å². The summed E-state index contributed by atoms with van der Waals surface area (Å²) in [4.78, 5) is 27.1. The van der Waals surface area contributed by atoms with Gasteiger partial charge in [-0.1, -0.05) is 33.8 Å². The van der Waals surface area contributed by atoms with Gasteiger partial charge in [0.15, 0.2) is 0 Å². The Morgan fingerprint density at radius 1 is 1.11 bits per heavy atom. The van der Waals surface area contributed by atoms with E-state index in [1.165, 1.54) is 31.5 Å². The summed E-state index contributed by atoms with van der Waals surface area (Å²) in [5.74, 6) is 1.10. The topological polar surface area (TPSA) is 73.4 Å². The summed E-state index contributed by atoms with van der Waals surface area (Å²) < 4.78 is 0. The van der Waals surface area contributed by atoms with Crippen molar-refractivity contribution in [2.45, 2.75) is 59.4 Å². The number of nitrogens with one attached hydrogen (secondary N) is 2. The second kappa shape index (κ2) is 8.44. The van der Waals surface area contributed by atoms with E-state index in [0.717, 1.165) is 44.2 Å². The highest BCUT2D eigenvalue weighted by molar-refractivity contribution is 5.93. The molecule has 0 bridgehead atoms. The van der Waals surface area contributed by atoms with Crippen LogP contribution >= 0.6 is 0 Å². The summed E-state index contributed by atoms with van der Waals surface area (Å²) in [6.07, 6.45) is 6.48. The molecule has 36 heavy (non-hydrogen) atoms. The van der Waals surface area contributed by atoms with Crippen LogP contribution in [-0.2, 0) is 0 Å². The van der Waals surface area contributed by atoms with E-state index in [-0.39, 0.29) is 17.4 Å². The number of hydrogen-bond acceptors (Lipinski definition) is 6. The fourth-order valence-electron chi connectivity index (χ4n) is 8.31. The van der Waals surface area contributed by atoms with E-state index in [2.05, 4.69) is 76.3 Å². The highest BCUT2D eigenvalue weighted by Crippen LogP contribution is 2.90. The average molecular weight is 489 g/mol. The Balaban J connectivity index is 1.10. The number of amides is 1. The Hall–Kier alpha value is -2.67. The van der Waals surface area contributed by atoms with Crippen molar-refractivity contribution in [1.82, 2.24) is 20.2 Å². The van der Waals surface area contributed by atoms with Gasteiger partial charge in [-0.05, 0) is 78.7 Å². The first-order valence-electron chi connectivity index (χ1n) is 13.8. The summed E-state index contributed by atoms with van der Waals surface area (Å²) in [5.41, 5.74) is 3.63. The number of carbonyl (C=O) groups is 1. The molecule has 0 radical (unpaired) electrons. The van der Waals surface area contributed by atoms with Crippen LogP contribution in [0.4, 0.5) is 17.3 Å². The lowest BCUT2D eigenvalue weighted by atomic mass is 9.54. The Kier molecular flexibility index (Phi) is 5.56. The zero-order chi connectivity index (χ0) is 25.1. The molecule has 4 atom stereocenters. The van der Waals surface area contributed by atoms with Crippen molar-refractivity contribution in [2.75, 3.05) is 42.9 Å². The van der Waals surface area contributed by atoms with Crippen molar-refractivity contribution in [2.24, 2.45) is 22.2 Å². The van der Waals surface area contributed by atoms with Gasteiger partial charge in [0.05, 0.1) is 0 Å².